The van der Waals surface area contributed by atoms with Crippen LogP contribution in [0.3, 0.4) is 0 Å². The molecule has 60 valence electrons. The number of halogens is 1. The third-order valence-corrected chi connectivity index (χ3v) is 1.27. The maximum atomic E-state index is 10.4. The van der Waals surface area contributed by atoms with E-state index in [0.717, 1.165) is 0 Å². The minimum atomic E-state index is -0.338. The summed E-state index contributed by atoms with van der Waals surface area (Å²) >= 11 is 0. The summed E-state index contributed by atoms with van der Waals surface area (Å²) < 4.78 is 4.98. The molecule has 1 unspecified atom stereocenters. The number of carbonyl (C=O) groups excluding carboxylic acids is 1. The number of morpholine rings is 1. The average Bonchev–Trinajstić information content (AvgIpc) is 1.90. The summed E-state index contributed by atoms with van der Waals surface area (Å²) in [6.45, 7) is 1.80. The van der Waals surface area contributed by atoms with Crippen molar-refractivity contribution in [2.75, 3.05) is 19.8 Å². The lowest BCUT2D eigenvalue weighted by Crippen LogP contribution is -2.49. The van der Waals surface area contributed by atoms with Crippen LogP contribution in [0.25, 0.3) is 0 Å². The van der Waals surface area contributed by atoms with E-state index in [-0.39, 0.29) is 24.4 Å². The average molecular weight is 167 g/mol. The molecule has 1 saturated heterocycles. The molecule has 0 radical (unpaired) electrons. The number of carbonyl (C=O) groups is 1. The Morgan fingerprint density at radius 1 is 1.70 bits per heavy atom. The Morgan fingerprint density at radius 2 is 2.40 bits per heavy atom. The van der Waals surface area contributed by atoms with Gasteiger partial charge in [-0.1, -0.05) is 0 Å². The van der Waals surface area contributed by atoms with Gasteiger partial charge in [-0.2, -0.15) is 0 Å². The van der Waals surface area contributed by atoms with Gasteiger partial charge in [0, 0.05) is 6.54 Å². The van der Waals surface area contributed by atoms with E-state index in [1.54, 1.807) is 0 Å². The molecule has 4 nitrogen and oxygen atoms in total. The van der Waals surface area contributed by atoms with Crippen LogP contribution in [0.5, 0.6) is 0 Å². The minimum absolute atomic E-state index is 0. The fourth-order valence-corrected chi connectivity index (χ4v) is 0.748. The zero-order valence-corrected chi connectivity index (χ0v) is 6.32. The first-order chi connectivity index (χ1) is 4.30. The Hall–Kier alpha value is -0.320. The summed E-state index contributed by atoms with van der Waals surface area (Å²) in [4.78, 5) is 10.4. The van der Waals surface area contributed by atoms with Crippen molar-refractivity contribution in [3.05, 3.63) is 0 Å². The van der Waals surface area contributed by atoms with Crippen molar-refractivity contribution in [2.45, 2.75) is 6.04 Å². The van der Waals surface area contributed by atoms with Crippen molar-refractivity contribution < 1.29 is 9.53 Å². The summed E-state index contributed by atoms with van der Waals surface area (Å²) in [5, 5.41) is 2.92. The van der Waals surface area contributed by atoms with Crippen LogP contribution >= 0.6 is 12.4 Å². The number of nitrogens with one attached hydrogen (secondary N) is 1. The highest BCUT2D eigenvalue weighted by molar-refractivity contribution is 5.85. The molecule has 5 heteroatoms. The molecule has 1 fully saturated rings. The first-order valence-electron chi connectivity index (χ1n) is 2.91. The summed E-state index contributed by atoms with van der Waals surface area (Å²) in [5.41, 5.74) is 4.99. The van der Waals surface area contributed by atoms with E-state index in [1.165, 1.54) is 0 Å². The van der Waals surface area contributed by atoms with E-state index in [1.807, 2.05) is 0 Å². The number of hydrogen-bond acceptors (Lipinski definition) is 3. The first kappa shape index (κ1) is 9.68. The topological polar surface area (TPSA) is 64.4 Å². The number of nitrogens with two attached hydrogens (primary N) is 1. The highest BCUT2D eigenvalue weighted by atomic mass is 35.5. The molecule has 0 aromatic heterocycles. The molecule has 0 aromatic rings. The molecule has 1 heterocycles. The van der Waals surface area contributed by atoms with Crippen molar-refractivity contribution in [1.82, 2.24) is 5.32 Å². The zero-order chi connectivity index (χ0) is 6.69. The molecular weight excluding hydrogens is 156 g/mol. The predicted octanol–water partition coefficient (Wildman–Crippen LogP) is -1.12. The molecule has 0 aromatic carbocycles. The Morgan fingerprint density at radius 3 is 2.70 bits per heavy atom. The van der Waals surface area contributed by atoms with Crippen LogP contribution in [-0.2, 0) is 9.53 Å². The standard InChI is InChI=1S/C5H10N2O2.ClH/c6-5(8)4-3-9-2-1-7-4;/h4,7H,1-3H2,(H2,6,8);1H. The highest BCUT2D eigenvalue weighted by Gasteiger charge is 2.17. The first-order valence-corrected chi connectivity index (χ1v) is 2.91. The van der Waals surface area contributed by atoms with Crippen molar-refractivity contribution in [3.8, 4) is 0 Å². The number of primary amides is 1. The van der Waals surface area contributed by atoms with Gasteiger partial charge >= 0.3 is 0 Å². The second-order valence-electron chi connectivity index (χ2n) is 1.98. The SMILES string of the molecule is Cl.NC(=O)C1COCCN1. The largest absolute Gasteiger partial charge is 0.378 e. The fraction of sp³-hybridized carbons (Fsp3) is 0.800. The lowest BCUT2D eigenvalue weighted by molar-refractivity contribution is -0.122. The molecule has 3 N–H and O–H groups in total. The van der Waals surface area contributed by atoms with Gasteiger partial charge in [0.05, 0.1) is 13.2 Å². The molecule has 0 saturated carbocycles. The van der Waals surface area contributed by atoms with Gasteiger partial charge in [0.15, 0.2) is 0 Å². The van der Waals surface area contributed by atoms with Crippen LogP contribution < -0.4 is 11.1 Å². The Bertz CT molecular complexity index is 114. The monoisotopic (exact) mass is 166 g/mol. The molecule has 1 rings (SSSR count). The normalized spacial score (nSPS) is 25.0. The van der Waals surface area contributed by atoms with Crippen LogP contribution in [-0.4, -0.2) is 31.7 Å². The van der Waals surface area contributed by atoms with Crippen molar-refractivity contribution in [3.63, 3.8) is 0 Å². The van der Waals surface area contributed by atoms with Crippen LogP contribution in [0.4, 0.5) is 0 Å². The smallest absolute Gasteiger partial charge is 0.236 e. The molecule has 1 aliphatic rings. The van der Waals surface area contributed by atoms with Crippen molar-refractivity contribution >= 4 is 18.3 Å². The molecule has 1 amide bonds. The van der Waals surface area contributed by atoms with Gasteiger partial charge in [0.2, 0.25) is 5.91 Å². The lowest BCUT2D eigenvalue weighted by Gasteiger charge is -2.20. The molecule has 1 atom stereocenters. The molecule has 1 aliphatic heterocycles. The van der Waals surface area contributed by atoms with Crippen molar-refractivity contribution in [2.24, 2.45) is 5.73 Å². The Balaban J connectivity index is 0.000000810. The van der Waals surface area contributed by atoms with E-state index < -0.39 is 0 Å². The van der Waals surface area contributed by atoms with Gasteiger partial charge in [0.25, 0.3) is 0 Å². The summed E-state index contributed by atoms with van der Waals surface area (Å²) in [5.74, 6) is -0.338. The predicted molar refractivity (Wildman–Crippen MR) is 39.1 cm³/mol. The van der Waals surface area contributed by atoms with E-state index >= 15 is 0 Å². The van der Waals surface area contributed by atoms with Gasteiger partial charge < -0.3 is 15.8 Å². The maximum absolute atomic E-state index is 10.4. The maximum Gasteiger partial charge on any atom is 0.236 e. The minimum Gasteiger partial charge on any atom is -0.378 e. The number of amides is 1. The van der Waals surface area contributed by atoms with Crippen LogP contribution in [0.1, 0.15) is 0 Å². The summed E-state index contributed by atoms with van der Waals surface area (Å²) in [6.07, 6.45) is 0. The Kier molecular flexibility index (Phi) is 4.34. The summed E-state index contributed by atoms with van der Waals surface area (Å²) in [6, 6.07) is -0.279. The third-order valence-electron chi connectivity index (χ3n) is 1.27. The molecular formula is C5H11ClN2O2. The molecule has 0 spiro atoms. The molecule has 0 bridgehead atoms. The van der Waals surface area contributed by atoms with Gasteiger partial charge in [-0.25, -0.2) is 0 Å². The number of rotatable bonds is 1. The van der Waals surface area contributed by atoms with Crippen LogP contribution in [0.15, 0.2) is 0 Å². The number of ether oxygens (including phenoxy) is 1. The lowest BCUT2D eigenvalue weighted by atomic mass is 10.3. The second-order valence-corrected chi connectivity index (χ2v) is 1.98. The zero-order valence-electron chi connectivity index (χ0n) is 5.50. The van der Waals surface area contributed by atoms with E-state index in [0.29, 0.717) is 19.8 Å². The van der Waals surface area contributed by atoms with Gasteiger partial charge in [-0.05, 0) is 0 Å². The molecule has 0 aliphatic carbocycles. The van der Waals surface area contributed by atoms with Gasteiger partial charge in [-0.15, -0.1) is 12.4 Å². The Labute approximate surface area is 65.5 Å². The van der Waals surface area contributed by atoms with Crippen LogP contribution in [0.2, 0.25) is 0 Å². The van der Waals surface area contributed by atoms with Gasteiger partial charge in [-0.3, -0.25) is 4.79 Å². The van der Waals surface area contributed by atoms with E-state index in [2.05, 4.69) is 5.32 Å². The quantitative estimate of drug-likeness (QED) is 0.519. The second kappa shape index (κ2) is 4.49. The van der Waals surface area contributed by atoms with Gasteiger partial charge in [0.1, 0.15) is 6.04 Å². The third kappa shape index (κ3) is 2.51. The molecule has 10 heavy (non-hydrogen) atoms. The van der Waals surface area contributed by atoms with E-state index in [9.17, 15) is 4.79 Å². The summed E-state index contributed by atoms with van der Waals surface area (Å²) in [7, 11) is 0. The highest BCUT2D eigenvalue weighted by Crippen LogP contribution is 1.89. The fourth-order valence-electron chi connectivity index (χ4n) is 0.748. The van der Waals surface area contributed by atoms with Crippen LogP contribution in [0, 0.1) is 0 Å². The van der Waals surface area contributed by atoms with Crippen molar-refractivity contribution in [1.29, 1.82) is 0 Å². The number of hydrogen-bond donors (Lipinski definition) is 2. The van der Waals surface area contributed by atoms with E-state index in [4.69, 9.17) is 10.5 Å².